The standard InChI is InChI=1S/C11H22N2O3/c1-7(6-12-5)9(14)13-8(10(15)16)11(2,3)4/h7-8,12H,6H2,1-5H3,(H,13,14)(H,15,16)/t7?,8-/m0/s1. The highest BCUT2D eigenvalue weighted by Gasteiger charge is 2.33. The van der Waals surface area contributed by atoms with Gasteiger partial charge in [-0.1, -0.05) is 27.7 Å². The molecule has 0 bridgehead atoms. The Kier molecular flexibility index (Phi) is 5.44. The number of carboxylic acid groups (broad SMARTS) is 1. The van der Waals surface area contributed by atoms with Crippen LogP contribution < -0.4 is 10.6 Å². The van der Waals surface area contributed by atoms with Crippen LogP contribution in [0.25, 0.3) is 0 Å². The molecule has 0 saturated heterocycles. The van der Waals surface area contributed by atoms with Gasteiger partial charge in [-0.15, -0.1) is 0 Å². The molecular formula is C11H22N2O3. The van der Waals surface area contributed by atoms with Crippen LogP contribution in [0.4, 0.5) is 0 Å². The molecule has 5 nitrogen and oxygen atoms in total. The fourth-order valence-corrected chi connectivity index (χ4v) is 1.33. The van der Waals surface area contributed by atoms with Crippen molar-refractivity contribution in [2.75, 3.05) is 13.6 Å². The molecule has 0 rings (SSSR count). The van der Waals surface area contributed by atoms with Crippen LogP contribution in [0.2, 0.25) is 0 Å². The molecule has 0 aromatic carbocycles. The molecule has 94 valence electrons. The van der Waals surface area contributed by atoms with Gasteiger partial charge in [-0.3, -0.25) is 4.79 Å². The largest absolute Gasteiger partial charge is 0.480 e. The van der Waals surface area contributed by atoms with E-state index in [1.54, 1.807) is 34.7 Å². The molecule has 3 N–H and O–H groups in total. The average Bonchev–Trinajstić information content (AvgIpc) is 2.11. The maximum atomic E-state index is 11.7. The molecule has 0 spiro atoms. The third-order valence-electron chi connectivity index (χ3n) is 2.36. The zero-order valence-corrected chi connectivity index (χ0v) is 10.6. The summed E-state index contributed by atoms with van der Waals surface area (Å²) < 4.78 is 0. The molecule has 0 aliphatic carbocycles. The van der Waals surface area contributed by atoms with Crippen molar-refractivity contribution in [3.05, 3.63) is 0 Å². The maximum absolute atomic E-state index is 11.7. The second kappa shape index (κ2) is 5.84. The smallest absolute Gasteiger partial charge is 0.326 e. The Morgan fingerprint density at radius 3 is 2.12 bits per heavy atom. The van der Waals surface area contributed by atoms with Crippen LogP contribution >= 0.6 is 0 Å². The Morgan fingerprint density at radius 1 is 1.31 bits per heavy atom. The molecule has 5 heteroatoms. The molecule has 16 heavy (non-hydrogen) atoms. The summed E-state index contributed by atoms with van der Waals surface area (Å²) in [4.78, 5) is 22.7. The van der Waals surface area contributed by atoms with Crippen LogP contribution in [0.1, 0.15) is 27.7 Å². The van der Waals surface area contributed by atoms with Gasteiger partial charge >= 0.3 is 5.97 Å². The van der Waals surface area contributed by atoms with E-state index in [2.05, 4.69) is 10.6 Å². The fraction of sp³-hybridized carbons (Fsp3) is 0.818. The second-order valence-corrected chi connectivity index (χ2v) is 5.10. The van der Waals surface area contributed by atoms with E-state index in [4.69, 9.17) is 5.11 Å². The highest BCUT2D eigenvalue weighted by molar-refractivity contribution is 5.85. The van der Waals surface area contributed by atoms with E-state index in [-0.39, 0.29) is 11.8 Å². The number of aliphatic carboxylic acids is 1. The first kappa shape index (κ1) is 14.9. The van der Waals surface area contributed by atoms with Crippen molar-refractivity contribution >= 4 is 11.9 Å². The quantitative estimate of drug-likeness (QED) is 0.641. The second-order valence-electron chi connectivity index (χ2n) is 5.10. The molecular weight excluding hydrogens is 208 g/mol. The number of hydrogen-bond donors (Lipinski definition) is 3. The fourth-order valence-electron chi connectivity index (χ4n) is 1.33. The number of rotatable bonds is 5. The molecule has 0 aliphatic heterocycles. The van der Waals surface area contributed by atoms with Gasteiger partial charge in [-0.05, 0) is 12.5 Å². The van der Waals surface area contributed by atoms with Crippen molar-refractivity contribution in [1.82, 2.24) is 10.6 Å². The zero-order valence-electron chi connectivity index (χ0n) is 10.6. The van der Waals surface area contributed by atoms with Crippen LogP contribution in [0.3, 0.4) is 0 Å². The van der Waals surface area contributed by atoms with Gasteiger partial charge in [0.15, 0.2) is 0 Å². The summed E-state index contributed by atoms with van der Waals surface area (Å²) in [5.41, 5.74) is -0.499. The highest BCUT2D eigenvalue weighted by atomic mass is 16.4. The summed E-state index contributed by atoms with van der Waals surface area (Å²) in [7, 11) is 1.75. The van der Waals surface area contributed by atoms with Gasteiger partial charge in [0.2, 0.25) is 5.91 Å². The number of carbonyl (C=O) groups excluding carboxylic acids is 1. The van der Waals surface area contributed by atoms with Gasteiger partial charge in [0.05, 0.1) is 0 Å². The predicted molar refractivity (Wildman–Crippen MR) is 62.1 cm³/mol. The number of amides is 1. The number of hydrogen-bond acceptors (Lipinski definition) is 3. The minimum Gasteiger partial charge on any atom is -0.480 e. The summed E-state index contributed by atoms with van der Waals surface area (Å²) in [6.45, 7) is 7.65. The minimum absolute atomic E-state index is 0.239. The van der Waals surface area contributed by atoms with Gasteiger partial charge in [-0.25, -0.2) is 4.79 Å². The lowest BCUT2D eigenvalue weighted by Crippen LogP contribution is -2.51. The molecule has 0 heterocycles. The number of carboxylic acids is 1. The minimum atomic E-state index is -1.00. The monoisotopic (exact) mass is 230 g/mol. The summed E-state index contributed by atoms with van der Waals surface area (Å²) in [5.74, 6) is -1.48. The van der Waals surface area contributed by atoms with Crippen molar-refractivity contribution in [3.63, 3.8) is 0 Å². The van der Waals surface area contributed by atoms with Crippen LogP contribution in [0, 0.1) is 11.3 Å². The van der Waals surface area contributed by atoms with Crippen molar-refractivity contribution < 1.29 is 14.7 Å². The topological polar surface area (TPSA) is 78.4 Å². The average molecular weight is 230 g/mol. The lowest BCUT2D eigenvalue weighted by atomic mass is 9.86. The van der Waals surface area contributed by atoms with E-state index < -0.39 is 17.4 Å². The third kappa shape index (κ3) is 4.61. The third-order valence-corrected chi connectivity index (χ3v) is 2.36. The molecule has 1 amide bonds. The maximum Gasteiger partial charge on any atom is 0.326 e. The van der Waals surface area contributed by atoms with Gasteiger partial charge < -0.3 is 15.7 Å². The van der Waals surface area contributed by atoms with Crippen LogP contribution in [-0.4, -0.2) is 36.6 Å². The summed E-state index contributed by atoms with van der Waals surface area (Å²) >= 11 is 0. The first-order valence-electron chi connectivity index (χ1n) is 5.38. The molecule has 0 radical (unpaired) electrons. The van der Waals surface area contributed by atoms with Crippen molar-refractivity contribution in [2.24, 2.45) is 11.3 Å². The van der Waals surface area contributed by atoms with Crippen LogP contribution in [0.5, 0.6) is 0 Å². The normalized spacial score (nSPS) is 15.3. The Hall–Kier alpha value is -1.10. The van der Waals surface area contributed by atoms with Crippen molar-refractivity contribution in [1.29, 1.82) is 0 Å². The van der Waals surface area contributed by atoms with Gasteiger partial charge in [0.25, 0.3) is 0 Å². The van der Waals surface area contributed by atoms with Gasteiger partial charge in [0.1, 0.15) is 6.04 Å². The number of nitrogens with one attached hydrogen (secondary N) is 2. The summed E-state index contributed by atoms with van der Waals surface area (Å²) in [6, 6.07) is -0.862. The molecule has 2 atom stereocenters. The Morgan fingerprint density at radius 2 is 1.81 bits per heavy atom. The Bertz CT molecular complexity index is 258. The van der Waals surface area contributed by atoms with E-state index in [0.29, 0.717) is 6.54 Å². The SMILES string of the molecule is CNCC(C)C(=O)N[C@@H](C(=O)O)C(C)(C)C. The molecule has 0 aromatic rings. The first-order chi connectivity index (χ1) is 7.20. The van der Waals surface area contributed by atoms with E-state index in [0.717, 1.165) is 0 Å². The Balaban J connectivity index is 4.54. The van der Waals surface area contributed by atoms with E-state index >= 15 is 0 Å². The molecule has 0 fully saturated rings. The number of carbonyl (C=O) groups is 2. The van der Waals surface area contributed by atoms with E-state index in [1.807, 2.05) is 0 Å². The van der Waals surface area contributed by atoms with Crippen molar-refractivity contribution in [2.45, 2.75) is 33.7 Å². The lowest BCUT2D eigenvalue weighted by molar-refractivity contribution is -0.145. The van der Waals surface area contributed by atoms with Crippen molar-refractivity contribution in [3.8, 4) is 0 Å². The zero-order chi connectivity index (χ0) is 12.9. The van der Waals surface area contributed by atoms with E-state index in [1.165, 1.54) is 0 Å². The van der Waals surface area contributed by atoms with E-state index in [9.17, 15) is 9.59 Å². The lowest BCUT2D eigenvalue weighted by Gasteiger charge is -2.28. The molecule has 1 unspecified atom stereocenters. The summed E-state index contributed by atoms with van der Waals surface area (Å²) in [5, 5.41) is 14.5. The van der Waals surface area contributed by atoms with Crippen LogP contribution in [-0.2, 0) is 9.59 Å². The van der Waals surface area contributed by atoms with Gasteiger partial charge in [-0.2, -0.15) is 0 Å². The van der Waals surface area contributed by atoms with Gasteiger partial charge in [0, 0.05) is 12.5 Å². The highest BCUT2D eigenvalue weighted by Crippen LogP contribution is 2.19. The predicted octanol–water partition coefficient (Wildman–Crippen LogP) is 0.457. The molecule has 0 saturated carbocycles. The molecule has 0 aromatic heterocycles. The Labute approximate surface area is 96.6 Å². The van der Waals surface area contributed by atoms with Crippen LogP contribution in [0.15, 0.2) is 0 Å². The first-order valence-corrected chi connectivity index (χ1v) is 5.38. The molecule has 0 aliphatic rings. The summed E-state index contributed by atoms with van der Waals surface area (Å²) in [6.07, 6.45) is 0.